The molecule has 1 aromatic heterocycles. The molecule has 3 aromatic rings. The van der Waals surface area contributed by atoms with Crippen LogP contribution in [0.15, 0.2) is 48.7 Å². The number of carbonyl (C=O) groups excluding carboxylic acids is 2. The van der Waals surface area contributed by atoms with Gasteiger partial charge in [-0.1, -0.05) is 31.5 Å². The maximum absolute atomic E-state index is 14.0. The van der Waals surface area contributed by atoms with E-state index in [1.54, 1.807) is 18.0 Å². The van der Waals surface area contributed by atoms with Gasteiger partial charge in [-0.15, -0.1) is 0 Å². The summed E-state index contributed by atoms with van der Waals surface area (Å²) in [6.07, 6.45) is 1.79. The highest BCUT2D eigenvalue weighted by Gasteiger charge is 2.57. The quantitative estimate of drug-likeness (QED) is 0.683. The summed E-state index contributed by atoms with van der Waals surface area (Å²) in [5, 5.41) is 7.55. The fourth-order valence-electron chi connectivity index (χ4n) is 4.87. The van der Waals surface area contributed by atoms with Crippen LogP contribution < -0.4 is 15.0 Å². The molecule has 0 aliphatic carbocycles. The number of benzene rings is 2. The monoisotopic (exact) mass is 430 g/mol. The van der Waals surface area contributed by atoms with Gasteiger partial charge in [-0.3, -0.25) is 9.59 Å². The third-order valence-electron chi connectivity index (χ3n) is 6.29. The molecule has 1 spiro atoms. The molecule has 0 saturated heterocycles. The van der Waals surface area contributed by atoms with Crippen LogP contribution in [0.5, 0.6) is 5.75 Å². The van der Waals surface area contributed by atoms with Crippen molar-refractivity contribution in [2.45, 2.75) is 32.6 Å². The molecule has 164 valence electrons. The molecule has 1 N–H and O–H groups in total. The summed E-state index contributed by atoms with van der Waals surface area (Å²) in [5.41, 5.74) is 3.26. The summed E-state index contributed by atoms with van der Waals surface area (Å²) in [6.45, 7) is 6.79. The fraction of sp³-hybridized carbons (Fsp3) is 0.320. The highest BCUT2D eigenvalue weighted by Crippen LogP contribution is 2.52. The molecule has 2 amide bonds. The van der Waals surface area contributed by atoms with Crippen molar-refractivity contribution in [2.24, 2.45) is 5.92 Å². The molecule has 1 unspecified atom stereocenters. The normalized spacial score (nSPS) is 19.3. The van der Waals surface area contributed by atoms with Crippen molar-refractivity contribution in [1.82, 2.24) is 9.78 Å². The first kappa shape index (κ1) is 20.3. The number of ether oxygens (including phenoxy) is 1. The third kappa shape index (κ3) is 2.84. The zero-order chi connectivity index (χ0) is 22.6. The lowest BCUT2D eigenvalue weighted by atomic mass is 9.71. The number of hydrogen-bond acceptors (Lipinski definition) is 4. The topological polar surface area (TPSA) is 76.5 Å². The van der Waals surface area contributed by atoms with E-state index in [4.69, 9.17) is 4.74 Å². The number of aromatic nitrogens is 2. The number of anilines is 2. The number of nitrogens with zero attached hydrogens (tertiary/aromatic N) is 3. The Morgan fingerprint density at radius 2 is 1.88 bits per heavy atom. The number of nitrogens with one attached hydrogen (secondary N) is 1. The largest absolute Gasteiger partial charge is 0.497 e. The summed E-state index contributed by atoms with van der Waals surface area (Å²) in [7, 11) is 1.61. The number of methoxy groups -OCH3 is 1. The standard InChI is InChI=1S/C25H26N4O3/c1-15(2)14-28-21-10-5-16(3)11-19(21)25(24(28)31)12-22(30)27-23-20(25)13-26-29(23)17-6-8-18(32-4)9-7-17/h5-11,13,15H,12,14H2,1-4H3,(H,27,30). The second kappa shape index (κ2) is 7.22. The van der Waals surface area contributed by atoms with Gasteiger partial charge in [-0.25, -0.2) is 4.68 Å². The molecule has 1 atom stereocenters. The van der Waals surface area contributed by atoms with E-state index in [-0.39, 0.29) is 18.2 Å². The lowest BCUT2D eigenvalue weighted by Crippen LogP contribution is -2.47. The Bertz CT molecular complexity index is 1230. The highest BCUT2D eigenvalue weighted by atomic mass is 16.5. The lowest BCUT2D eigenvalue weighted by molar-refractivity contribution is -0.126. The summed E-state index contributed by atoms with van der Waals surface area (Å²) in [6, 6.07) is 13.5. The van der Waals surface area contributed by atoms with Crippen molar-refractivity contribution in [1.29, 1.82) is 0 Å². The zero-order valence-corrected chi connectivity index (χ0v) is 18.7. The first-order valence-corrected chi connectivity index (χ1v) is 10.8. The minimum Gasteiger partial charge on any atom is -0.497 e. The Morgan fingerprint density at radius 1 is 1.12 bits per heavy atom. The summed E-state index contributed by atoms with van der Waals surface area (Å²) in [5.74, 6) is 1.31. The van der Waals surface area contributed by atoms with Crippen LogP contribution in [0.25, 0.3) is 5.69 Å². The Labute approximate surface area is 187 Å². The summed E-state index contributed by atoms with van der Waals surface area (Å²) >= 11 is 0. The van der Waals surface area contributed by atoms with E-state index in [1.165, 1.54) is 0 Å². The van der Waals surface area contributed by atoms with Crippen molar-refractivity contribution >= 4 is 23.3 Å². The van der Waals surface area contributed by atoms with Crippen LogP contribution in [0.3, 0.4) is 0 Å². The molecule has 0 bridgehead atoms. The van der Waals surface area contributed by atoms with Gasteiger partial charge in [0.25, 0.3) is 0 Å². The van der Waals surface area contributed by atoms with Gasteiger partial charge in [-0.05, 0) is 48.7 Å². The average molecular weight is 431 g/mol. The van der Waals surface area contributed by atoms with Crippen molar-refractivity contribution in [3.63, 3.8) is 0 Å². The van der Waals surface area contributed by atoms with Crippen LogP contribution in [-0.4, -0.2) is 35.2 Å². The predicted molar refractivity (Wildman–Crippen MR) is 123 cm³/mol. The van der Waals surface area contributed by atoms with E-state index < -0.39 is 5.41 Å². The van der Waals surface area contributed by atoms with Crippen LogP contribution in [0.1, 0.15) is 37.0 Å². The number of hydrogen-bond donors (Lipinski definition) is 1. The van der Waals surface area contributed by atoms with Crippen LogP contribution in [0.2, 0.25) is 0 Å². The summed E-state index contributed by atoms with van der Waals surface area (Å²) in [4.78, 5) is 28.9. The molecule has 0 fully saturated rings. The highest BCUT2D eigenvalue weighted by molar-refractivity contribution is 6.15. The van der Waals surface area contributed by atoms with Crippen molar-refractivity contribution in [3.8, 4) is 11.4 Å². The number of aryl methyl sites for hydroxylation is 1. The Hall–Kier alpha value is -3.61. The maximum atomic E-state index is 14.0. The molecule has 0 radical (unpaired) electrons. The molecule has 3 heterocycles. The van der Waals surface area contributed by atoms with E-state index in [0.29, 0.717) is 18.3 Å². The van der Waals surface area contributed by atoms with E-state index in [9.17, 15) is 9.59 Å². The third-order valence-corrected chi connectivity index (χ3v) is 6.29. The molecule has 32 heavy (non-hydrogen) atoms. The number of fused-ring (bicyclic) bond motifs is 4. The minimum absolute atomic E-state index is 0.0582. The van der Waals surface area contributed by atoms with Gasteiger partial charge in [0.2, 0.25) is 11.8 Å². The van der Waals surface area contributed by atoms with Gasteiger partial charge < -0.3 is 15.0 Å². The number of amides is 2. The first-order chi connectivity index (χ1) is 15.3. The number of rotatable bonds is 4. The molecule has 7 heteroatoms. The van der Waals surface area contributed by atoms with Crippen LogP contribution >= 0.6 is 0 Å². The van der Waals surface area contributed by atoms with Gasteiger partial charge >= 0.3 is 0 Å². The molecular formula is C25H26N4O3. The van der Waals surface area contributed by atoms with Crippen molar-refractivity contribution < 1.29 is 14.3 Å². The Morgan fingerprint density at radius 3 is 2.56 bits per heavy atom. The molecule has 2 aliphatic heterocycles. The predicted octanol–water partition coefficient (Wildman–Crippen LogP) is 3.82. The zero-order valence-electron chi connectivity index (χ0n) is 18.7. The number of carbonyl (C=O) groups is 2. The molecule has 7 nitrogen and oxygen atoms in total. The Kier molecular flexibility index (Phi) is 4.58. The lowest BCUT2D eigenvalue weighted by Gasteiger charge is -2.33. The van der Waals surface area contributed by atoms with Gasteiger partial charge in [0, 0.05) is 24.2 Å². The van der Waals surface area contributed by atoms with E-state index in [0.717, 1.165) is 33.8 Å². The molecule has 2 aromatic carbocycles. The fourth-order valence-corrected chi connectivity index (χ4v) is 4.87. The minimum atomic E-state index is -1.07. The molecular weight excluding hydrogens is 404 g/mol. The van der Waals surface area contributed by atoms with Crippen LogP contribution in [0, 0.1) is 12.8 Å². The second-order valence-corrected chi connectivity index (χ2v) is 8.98. The van der Waals surface area contributed by atoms with Gasteiger partial charge in [-0.2, -0.15) is 5.10 Å². The van der Waals surface area contributed by atoms with E-state index in [1.807, 2.05) is 54.3 Å². The van der Waals surface area contributed by atoms with E-state index in [2.05, 4.69) is 24.3 Å². The van der Waals surface area contributed by atoms with Crippen molar-refractivity contribution in [3.05, 3.63) is 65.4 Å². The smallest absolute Gasteiger partial charge is 0.242 e. The molecule has 5 rings (SSSR count). The summed E-state index contributed by atoms with van der Waals surface area (Å²) < 4.78 is 6.93. The van der Waals surface area contributed by atoms with Crippen molar-refractivity contribution in [2.75, 3.05) is 23.9 Å². The average Bonchev–Trinajstić information content (AvgIpc) is 3.28. The van der Waals surface area contributed by atoms with Gasteiger partial charge in [0.15, 0.2) is 0 Å². The van der Waals surface area contributed by atoms with E-state index >= 15 is 0 Å². The Balaban J connectivity index is 1.72. The van der Waals surface area contributed by atoms with Gasteiger partial charge in [0.1, 0.15) is 17.0 Å². The van der Waals surface area contributed by atoms with Gasteiger partial charge in [0.05, 0.1) is 19.0 Å². The molecule has 0 saturated carbocycles. The van der Waals surface area contributed by atoms with Crippen LogP contribution in [0.4, 0.5) is 11.5 Å². The maximum Gasteiger partial charge on any atom is 0.242 e. The SMILES string of the molecule is COc1ccc(-n2ncc3c2NC(=O)CC32C(=O)N(CC(C)C)c3ccc(C)cc32)cc1. The van der Waals surface area contributed by atoms with Crippen LogP contribution in [-0.2, 0) is 15.0 Å². The second-order valence-electron chi connectivity index (χ2n) is 8.98. The molecule has 2 aliphatic rings. The first-order valence-electron chi connectivity index (χ1n) is 10.8.